The molecule has 6 heteroatoms. The average molecular weight is 343 g/mol. The van der Waals surface area contributed by atoms with Crippen molar-refractivity contribution in [3.8, 4) is 0 Å². The van der Waals surface area contributed by atoms with Crippen molar-refractivity contribution in [3.63, 3.8) is 0 Å². The largest absolute Gasteiger partial charge is 0.447 e. The quantitative estimate of drug-likeness (QED) is 0.792. The number of aliphatic hydroxyl groups excluding tert-OH is 1. The number of carbonyl (C=O) groups is 1. The third-order valence-electron chi connectivity index (χ3n) is 5.67. The molecule has 2 heterocycles. The minimum atomic E-state index is -0.447. The van der Waals surface area contributed by atoms with E-state index in [1.54, 1.807) is 0 Å². The third kappa shape index (κ3) is 3.00. The van der Waals surface area contributed by atoms with Crippen LogP contribution in [0.2, 0.25) is 0 Å². The fourth-order valence-electron chi connectivity index (χ4n) is 4.62. The summed E-state index contributed by atoms with van der Waals surface area (Å²) < 4.78 is 4.88. The van der Waals surface area contributed by atoms with E-state index in [-0.39, 0.29) is 13.2 Å². The number of carbonyl (C=O) groups excluding carboxylic acids is 1. The van der Waals surface area contributed by atoms with Gasteiger partial charge in [-0.25, -0.2) is 4.79 Å². The van der Waals surface area contributed by atoms with Gasteiger partial charge >= 0.3 is 6.09 Å². The number of hydrogen-bond acceptors (Lipinski definition) is 4. The molecule has 0 spiro atoms. The number of benzene rings is 1. The van der Waals surface area contributed by atoms with Gasteiger partial charge in [-0.1, -0.05) is 12.1 Å². The monoisotopic (exact) mass is 343 g/mol. The Hall–Kier alpha value is -2.05. The van der Waals surface area contributed by atoms with Gasteiger partial charge in [-0.2, -0.15) is 0 Å². The number of alkyl carbamates (subject to hydrolysis) is 1. The maximum Gasteiger partial charge on any atom is 0.407 e. The second-order valence-electron chi connectivity index (χ2n) is 7.24. The van der Waals surface area contributed by atoms with E-state index in [9.17, 15) is 4.79 Å². The lowest BCUT2D eigenvalue weighted by molar-refractivity contribution is 0.0996. The third-order valence-corrected chi connectivity index (χ3v) is 5.67. The summed E-state index contributed by atoms with van der Waals surface area (Å²) in [5.41, 5.74) is 4.08. The van der Waals surface area contributed by atoms with Gasteiger partial charge in [0, 0.05) is 42.1 Å². The van der Waals surface area contributed by atoms with E-state index < -0.39 is 6.09 Å². The number of likely N-dealkylation sites (N-methyl/N-ethyl adjacent to an activating group) is 1. The summed E-state index contributed by atoms with van der Waals surface area (Å²) in [5.74, 6) is 0.884. The first kappa shape index (κ1) is 16.4. The average Bonchev–Trinajstić information content (AvgIpc) is 3.03. The molecule has 0 saturated carbocycles. The zero-order chi connectivity index (χ0) is 17.4. The molecule has 1 saturated heterocycles. The summed E-state index contributed by atoms with van der Waals surface area (Å²) in [6.07, 6.45) is 3.86. The number of hydrogen-bond donors (Lipinski definition) is 3. The number of ether oxygens (including phenoxy) is 1. The fourth-order valence-corrected chi connectivity index (χ4v) is 4.62. The molecule has 6 nitrogen and oxygen atoms in total. The number of fused-ring (bicyclic) bond motifs is 2. The minimum Gasteiger partial charge on any atom is -0.447 e. The number of nitrogens with one attached hydrogen (secondary N) is 2. The van der Waals surface area contributed by atoms with Crippen LogP contribution in [-0.4, -0.2) is 60.5 Å². The SMILES string of the molecule is CN1C[C@H](CNC(=O)OCCO)CC2c3cccc4[nH]cc(c34)C[C@H]21. The standard InChI is InChI=1S/C19H25N3O3/c1-22-11-12(9-21-19(24)25-6-5-23)7-15-14-3-2-4-16-18(14)13(10-20-16)8-17(15)22/h2-4,10,12,15,17,20,23H,5-9,11H2,1H3,(H,21,24)/t12-,15?,17+/m0/s1. The second-order valence-corrected chi connectivity index (χ2v) is 7.24. The van der Waals surface area contributed by atoms with Gasteiger partial charge in [-0.15, -0.1) is 0 Å². The Bertz CT molecular complexity index is 772. The Morgan fingerprint density at radius 2 is 2.36 bits per heavy atom. The Balaban J connectivity index is 1.50. The molecular formula is C19H25N3O3. The highest BCUT2D eigenvalue weighted by atomic mass is 16.6. The van der Waals surface area contributed by atoms with Gasteiger partial charge in [0.1, 0.15) is 6.61 Å². The number of aromatic nitrogens is 1. The number of nitrogens with zero attached hydrogens (tertiary/aromatic N) is 1. The van der Waals surface area contributed by atoms with Gasteiger partial charge in [0.15, 0.2) is 0 Å². The van der Waals surface area contributed by atoms with Gasteiger partial charge in [0.2, 0.25) is 0 Å². The highest BCUT2D eigenvalue weighted by molar-refractivity contribution is 5.88. The van der Waals surface area contributed by atoms with E-state index in [4.69, 9.17) is 9.84 Å². The van der Waals surface area contributed by atoms with Crippen molar-refractivity contribution in [2.75, 3.05) is 33.4 Å². The lowest BCUT2D eigenvalue weighted by atomic mass is 9.72. The fraction of sp³-hybridized carbons (Fsp3) is 0.526. The Labute approximate surface area is 147 Å². The summed E-state index contributed by atoms with van der Waals surface area (Å²) in [5, 5.41) is 13.0. The normalized spacial score (nSPS) is 25.6. The highest BCUT2D eigenvalue weighted by Gasteiger charge is 2.39. The predicted octanol–water partition coefficient (Wildman–Crippen LogP) is 1.85. The van der Waals surface area contributed by atoms with E-state index in [1.165, 1.54) is 22.0 Å². The molecule has 1 aliphatic heterocycles. The van der Waals surface area contributed by atoms with Gasteiger partial charge in [0.05, 0.1) is 6.61 Å². The van der Waals surface area contributed by atoms with Crippen LogP contribution in [-0.2, 0) is 11.2 Å². The molecule has 3 N–H and O–H groups in total. The lowest BCUT2D eigenvalue weighted by Gasteiger charge is -2.45. The second kappa shape index (κ2) is 6.69. The van der Waals surface area contributed by atoms with Crippen LogP contribution in [0.4, 0.5) is 4.79 Å². The molecule has 0 bridgehead atoms. The predicted molar refractivity (Wildman–Crippen MR) is 95.7 cm³/mol. The van der Waals surface area contributed by atoms with Gasteiger partial charge in [-0.3, -0.25) is 0 Å². The number of amides is 1. The first-order chi connectivity index (χ1) is 12.2. The molecule has 134 valence electrons. The van der Waals surface area contributed by atoms with E-state index in [2.05, 4.69) is 46.6 Å². The van der Waals surface area contributed by atoms with Crippen LogP contribution in [0.1, 0.15) is 23.5 Å². The molecule has 1 unspecified atom stereocenters. The van der Waals surface area contributed by atoms with E-state index in [0.29, 0.717) is 24.4 Å². The first-order valence-electron chi connectivity index (χ1n) is 8.98. The molecule has 2 aliphatic rings. The van der Waals surface area contributed by atoms with Crippen LogP contribution >= 0.6 is 0 Å². The lowest BCUT2D eigenvalue weighted by Crippen LogP contribution is -2.50. The molecule has 25 heavy (non-hydrogen) atoms. The smallest absolute Gasteiger partial charge is 0.407 e. The minimum absolute atomic E-state index is 0.0410. The van der Waals surface area contributed by atoms with Crippen molar-refractivity contribution >= 4 is 17.0 Å². The highest BCUT2D eigenvalue weighted by Crippen LogP contribution is 2.44. The van der Waals surface area contributed by atoms with Crippen LogP contribution in [0.3, 0.4) is 0 Å². The van der Waals surface area contributed by atoms with Crippen LogP contribution < -0.4 is 5.32 Å². The van der Waals surface area contributed by atoms with E-state index in [0.717, 1.165) is 19.4 Å². The molecule has 0 radical (unpaired) electrons. The molecule has 1 aromatic heterocycles. The summed E-state index contributed by atoms with van der Waals surface area (Å²) in [7, 11) is 2.19. The van der Waals surface area contributed by atoms with Crippen molar-refractivity contribution in [2.24, 2.45) is 5.92 Å². The van der Waals surface area contributed by atoms with Crippen LogP contribution in [0.15, 0.2) is 24.4 Å². The van der Waals surface area contributed by atoms with Gasteiger partial charge in [0.25, 0.3) is 0 Å². The number of aromatic amines is 1. The molecule has 1 aliphatic carbocycles. The number of rotatable bonds is 4. The zero-order valence-electron chi connectivity index (χ0n) is 14.5. The Morgan fingerprint density at radius 3 is 3.20 bits per heavy atom. The Morgan fingerprint density at radius 1 is 1.48 bits per heavy atom. The summed E-state index contributed by atoms with van der Waals surface area (Å²) in [6, 6.07) is 7.06. The zero-order valence-corrected chi connectivity index (χ0v) is 14.5. The first-order valence-corrected chi connectivity index (χ1v) is 8.98. The number of piperidine rings is 1. The molecule has 4 rings (SSSR count). The topological polar surface area (TPSA) is 77.6 Å². The van der Waals surface area contributed by atoms with E-state index >= 15 is 0 Å². The van der Waals surface area contributed by atoms with Crippen LogP contribution in [0.25, 0.3) is 10.9 Å². The molecule has 2 aromatic rings. The van der Waals surface area contributed by atoms with Crippen LogP contribution in [0.5, 0.6) is 0 Å². The summed E-state index contributed by atoms with van der Waals surface area (Å²) in [6.45, 7) is 1.47. The van der Waals surface area contributed by atoms with Gasteiger partial charge in [-0.05, 0) is 43.0 Å². The van der Waals surface area contributed by atoms with Crippen LogP contribution in [0, 0.1) is 5.92 Å². The maximum absolute atomic E-state index is 11.6. The van der Waals surface area contributed by atoms with Crippen molar-refractivity contribution in [1.82, 2.24) is 15.2 Å². The van der Waals surface area contributed by atoms with E-state index in [1.807, 2.05) is 0 Å². The molecular weight excluding hydrogens is 318 g/mol. The molecule has 3 atom stereocenters. The number of likely N-dealkylation sites (tertiary alicyclic amines) is 1. The molecule has 1 amide bonds. The Kier molecular flexibility index (Phi) is 4.39. The van der Waals surface area contributed by atoms with Gasteiger partial charge < -0.3 is 25.0 Å². The number of aliphatic hydroxyl groups is 1. The van der Waals surface area contributed by atoms with Crippen molar-refractivity contribution in [1.29, 1.82) is 0 Å². The molecule has 1 aromatic carbocycles. The summed E-state index contributed by atoms with van der Waals surface area (Å²) in [4.78, 5) is 17.5. The maximum atomic E-state index is 11.6. The molecule has 1 fully saturated rings. The summed E-state index contributed by atoms with van der Waals surface area (Å²) >= 11 is 0. The van der Waals surface area contributed by atoms with Crippen molar-refractivity contribution < 1.29 is 14.6 Å². The number of H-pyrrole nitrogens is 1. The van der Waals surface area contributed by atoms with Crippen molar-refractivity contribution in [3.05, 3.63) is 35.5 Å². The van der Waals surface area contributed by atoms with Crippen molar-refractivity contribution in [2.45, 2.75) is 24.8 Å².